The van der Waals surface area contributed by atoms with Gasteiger partial charge in [-0.2, -0.15) is 4.25 Å². The van der Waals surface area contributed by atoms with Crippen molar-refractivity contribution in [2.24, 2.45) is 5.92 Å². The van der Waals surface area contributed by atoms with Crippen LogP contribution in [0, 0.1) is 5.92 Å². The number of nitrogens with zero attached hydrogens (tertiary/aromatic N) is 2. The van der Waals surface area contributed by atoms with E-state index in [9.17, 15) is 4.57 Å². The Hall–Kier alpha value is -1.54. The van der Waals surface area contributed by atoms with Crippen LogP contribution in [0.5, 0.6) is 0 Å². The van der Waals surface area contributed by atoms with Gasteiger partial charge in [0, 0.05) is 30.2 Å². The highest BCUT2D eigenvalue weighted by molar-refractivity contribution is 7.24. The number of hydrogen-bond acceptors (Lipinski definition) is 2. The van der Waals surface area contributed by atoms with Crippen LogP contribution in [0.2, 0.25) is 0 Å². The molecule has 0 unspecified atom stereocenters. The fourth-order valence-corrected chi connectivity index (χ4v) is 4.90. The number of quaternary nitrogens is 1. The molecule has 25 heavy (non-hydrogen) atoms. The van der Waals surface area contributed by atoms with E-state index in [4.69, 9.17) is 0 Å². The summed E-state index contributed by atoms with van der Waals surface area (Å²) >= 11 is 0. The Kier molecular flexibility index (Phi) is 6.01. The lowest BCUT2D eigenvalue weighted by Crippen LogP contribution is -2.53. The molecule has 1 saturated heterocycles. The predicted octanol–water partition coefficient (Wildman–Crippen LogP) is 5.65. The van der Waals surface area contributed by atoms with Gasteiger partial charge >= 0.3 is 8.61 Å². The molecule has 3 rings (SSSR count). The summed E-state index contributed by atoms with van der Waals surface area (Å²) in [6, 6.07) is 20.9. The highest BCUT2D eigenvalue weighted by atomic mass is 31.1. The molecule has 1 fully saturated rings. The first kappa shape index (κ1) is 18.3. The summed E-state index contributed by atoms with van der Waals surface area (Å²) < 4.78 is 13.2. The van der Waals surface area contributed by atoms with Crippen molar-refractivity contribution in [1.82, 2.24) is 9.15 Å². The largest absolute Gasteiger partial charge is 0.433 e. The normalized spacial score (nSPS) is 17.2. The third-order valence-corrected chi connectivity index (χ3v) is 6.34. The van der Waals surface area contributed by atoms with Gasteiger partial charge in [0.15, 0.2) is 0 Å². The zero-order valence-corrected chi connectivity index (χ0v) is 16.1. The molecule has 132 valence electrons. The minimum absolute atomic E-state index is 0.117. The third-order valence-electron chi connectivity index (χ3n) is 5.32. The number of hydrogen-bond donors (Lipinski definition) is 0. The van der Waals surface area contributed by atoms with E-state index >= 15 is 0 Å². The summed E-state index contributed by atoms with van der Waals surface area (Å²) in [5.74, 6) is 0.405. The third kappa shape index (κ3) is 3.69. The lowest BCUT2D eigenvalue weighted by Gasteiger charge is -2.40. The molecular formula is C21H28N2OP+. The molecule has 0 bridgehead atoms. The second-order valence-electron chi connectivity index (χ2n) is 7.26. The summed E-state index contributed by atoms with van der Waals surface area (Å²) in [7, 11) is 0.117. The van der Waals surface area contributed by atoms with Crippen LogP contribution in [0.3, 0.4) is 0 Å². The Bertz CT molecular complexity index is 629. The van der Waals surface area contributed by atoms with Crippen molar-refractivity contribution >= 4 is 20.0 Å². The van der Waals surface area contributed by atoms with Crippen LogP contribution in [0.25, 0.3) is 0 Å². The number of benzene rings is 2. The summed E-state index contributed by atoms with van der Waals surface area (Å²) in [6.07, 6.45) is 2.55. The van der Waals surface area contributed by atoms with E-state index in [2.05, 4.69) is 43.0 Å². The summed E-state index contributed by atoms with van der Waals surface area (Å²) in [5.41, 5.74) is 2.17. The lowest BCUT2D eigenvalue weighted by atomic mass is 9.99. The zero-order chi connectivity index (χ0) is 17.7. The zero-order valence-electron chi connectivity index (χ0n) is 15.2. The van der Waals surface area contributed by atoms with Gasteiger partial charge in [-0.05, 0) is 25.9 Å². The molecule has 4 heteroatoms. The molecule has 0 aromatic heterocycles. The smallest absolute Gasteiger partial charge is 0.297 e. The molecule has 0 aliphatic carbocycles. The first-order valence-corrected chi connectivity index (χ1v) is 10.0. The van der Waals surface area contributed by atoms with Crippen molar-refractivity contribution in [2.75, 3.05) is 19.6 Å². The molecule has 0 amide bonds. The van der Waals surface area contributed by atoms with Crippen LogP contribution in [-0.4, -0.2) is 30.6 Å². The minimum atomic E-state index is 0.117. The molecule has 0 spiro atoms. The van der Waals surface area contributed by atoms with E-state index in [1.54, 1.807) is 0 Å². The highest BCUT2D eigenvalue weighted by Gasteiger charge is 2.46. The van der Waals surface area contributed by atoms with E-state index in [0.717, 1.165) is 31.0 Å². The molecule has 0 N–H and O–H groups in total. The van der Waals surface area contributed by atoms with E-state index in [0.29, 0.717) is 10.2 Å². The molecule has 1 aliphatic heterocycles. The van der Waals surface area contributed by atoms with Crippen molar-refractivity contribution in [1.29, 1.82) is 0 Å². The van der Waals surface area contributed by atoms with Crippen LogP contribution in [-0.2, 0) is 4.57 Å². The second kappa shape index (κ2) is 8.23. The Morgan fingerprint density at radius 3 is 1.80 bits per heavy atom. The number of rotatable bonds is 7. The molecule has 1 heterocycles. The molecule has 2 aromatic carbocycles. The lowest BCUT2D eigenvalue weighted by molar-refractivity contribution is 0.224. The van der Waals surface area contributed by atoms with Crippen LogP contribution < -0.4 is 4.25 Å². The van der Waals surface area contributed by atoms with Gasteiger partial charge in [-0.25, -0.2) is 4.57 Å². The molecule has 0 saturated carbocycles. The fraction of sp³-hybridized carbons (Fsp3) is 0.429. The average Bonchev–Trinajstić information content (AvgIpc) is 3.17. The maximum Gasteiger partial charge on any atom is 0.433 e. The van der Waals surface area contributed by atoms with Gasteiger partial charge in [-0.1, -0.05) is 50.2 Å². The Labute approximate surface area is 153 Å². The second-order valence-corrected chi connectivity index (χ2v) is 8.05. The predicted molar refractivity (Wildman–Crippen MR) is 106 cm³/mol. The Morgan fingerprint density at radius 1 is 0.920 bits per heavy atom. The standard InChI is InChI=1S/C21H28N2OP/c1-18(2)21(17-22-15-9-10-16-22)23(25-24,19-11-5-3-6-12-19)20-13-7-4-8-14-20/h3-8,11-14,18,21H,9-10,15-17H2,1-2H3/q+1/t21-/m1/s1. The molecule has 1 aliphatic rings. The summed E-state index contributed by atoms with van der Waals surface area (Å²) in [5, 5.41) is 0. The molecule has 3 nitrogen and oxygen atoms in total. The Morgan fingerprint density at radius 2 is 1.40 bits per heavy atom. The van der Waals surface area contributed by atoms with E-state index in [-0.39, 0.29) is 14.7 Å². The topological polar surface area (TPSA) is 20.3 Å². The van der Waals surface area contributed by atoms with Gasteiger partial charge in [0.1, 0.15) is 17.4 Å². The quantitative estimate of drug-likeness (QED) is 0.598. The van der Waals surface area contributed by atoms with Crippen LogP contribution in [0.4, 0.5) is 11.4 Å². The van der Waals surface area contributed by atoms with Crippen molar-refractivity contribution in [3.05, 3.63) is 60.7 Å². The van der Waals surface area contributed by atoms with E-state index < -0.39 is 0 Å². The molecule has 1 atom stereocenters. The first-order chi connectivity index (χ1) is 12.2. The molecule has 2 aromatic rings. The fourth-order valence-electron chi connectivity index (χ4n) is 3.99. The minimum Gasteiger partial charge on any atom is -0.297 e. The number of likely N-dealkylation sites (tertiary alicyclic amines) is 1. The maximum atomic E-state index is 12.8. The molecular weight excluding hydrogens is 327 g/mol. The van der Waals surface area contributed by atoms with Gasteiger partial charge in [0.05, 0.1) is 6.54 Å². The average molecular weight is 355 g/mol. The van der Waals surface area contributed by atoms with Crippen molar-refractivity contribution < 1.29 is 4.57 Å². The van der Waals surface area contributed by atoms with Crippen LogP contribution in [0.15, 0.2) is 60.7 Å². The van der Waals surface area contributed by atoms with Crippen molar-refractivity contribution in [3.63, 3.8) is 0 Å². The van der Waals surface area contributed by atoms with Crippen LogP contribution >= 0.6 is 8.61 Å². The Balaban J connectivity index is 2.12. The van der Waals surface area contributed by atoms with Crippen LogP contribution in [0.1, 0.15) is 26.7 Å². The van der Waals surface area contributed by atoms with Gasteiger partial charge in [-0.15, -0.1) is 0 Å². The number of para-hydroxylation sites is 2. The maximum absolute atomic E-state index is 12.8. The SMILES string of the molecule is CC(C)[C@@H](CN1CCCC1)[N+](P=O)(c1ccccc1)c1ccccc1. The van der Waals surface area contributed by atoms with E-state index in [1.165, 1.54) is 12.8 Å². The van der Waals surface area contributed by atoms with Gasteiger partial charge in [0.2, 0.25) is 0 Å². The highest BCUT2D eigenvalue weighted by Crippen LogP contribution is 2.46. The van der Waals surface area contributed by atoms with E-state index in [1.807, 2.05) is 36.4 Å². The van der Waals surface area contributed by atoms with Crippen molar-refractivity contribution in [2.45, 2.75) is 32.7 Å². The molecule has 0 radical (unpaired) electrons. The van der Waals surface area contributed by atoms with Gasteiger partial charge in [-0.3, -0.25) is 4.90 Å². The first-order valence-electron chi connectivity index (χ1n) is 9.25. The summed E-state index contributed by atoms with van der Waals surface area (Å²) in [4.78, 5) is 2.54. The van der Waals surface area contributed by atoms with Crippen molar-refractivity contribution in [3.8, 4) is 0 Å². The monoisotopic (exact) mass is 355 g/mol. The van der Waals surface area contributed by atoms with Gasteiger partial charge in [0.25, 0.3) is 0 Å². The van der Waals surface area contributed by atoms with Gasteiger partial charge < -0.3 is 0 Å². The summed E-state index contributed by atoms with van der Waals surface area (Å²) in [6.45, 7) is 7.79.